The number of aryl methyl sites for hydroxylation is 1. The first-order valence-corrected chi connectivity index (χ1v) is 10.0. The van der Waals surface area contributed by atoms with Gasteiger partial charge in [0.25, 0.3) is 0 Å². The minimum Gasteiger partial charge on any atom is -0.393 e. The van der Waals surface area contributed by atoms with Crippen molar-refractivity contribution in [2.24, 2.45) is 11.8 Å². The van der Waals surface area contributed by atoms with Crippen LogP contribution in [0.1, 0.15) is 43.4 Å². The molecule has 3 aliphatic carbocycles. The van der Waals surface area contributed by atoms with Gasteiger partial charge in [0, 0.05) is 29.9 Å². The molecule has 2 unspecified atom stereocenters. The van der Waals surface area contributed by atoms with Gasteiger partial charge < -0.3 is 10.0 Å². The molecule has 1 heterocycles. The quantitative estimate of drug-likeness (QED) is 0.919. The summed E-state index contributed by atoms with van der Waals surface area (Å²) in [6, 6.07) is 10.9. The van der Waals surface area contributed by atoms with Crippen LogP contribution in [0.15, 0.2) is 30.3 Å². The van der Waals surface area contributed by atoms with Crippen LogP contribution in [0.3, 0.4) is 0 Å². The molecule has 2 fully saturated rings. The fraction of sp³-hybridized carbons (Fsp3) is 0.545. The maximum atomic E-state index is 9.93. The summed E-state index contributed by atoms with van der Waals surface area (Å²) in [6.07, 6.45) is 7.66. The summed E-state index contributed by atoms with van der Waals surface area (Å²) in [4.78, 5) is 12.4. The lowest BCUT2D eigenvalue weighted by Crippen LogP contribution is -2.32. The minimum absolute atomic E-state index is 0.0655. The molecule has 0 amide bonds. The smallest absolute Gasteiger partial charge is 0.161 e. The Bertz CT molecular complexity index is 793. The van der Waals surface area contributed by atoms with Crippen molar-refractivity contribution in [1.82, 2.24) is 9.97 Å². The summed E-state index contributed by atoms with van der Waals surface area (Å²) in [7, 11) is 2.22. The average Bonchev–Trinajstić information content (AvgIpc) is 3.35. The summed E-state index contributed by atoms with van der Waals surface area (Å²) in [5.41, 5.74) is 3.71. The molecule has 0 radical (unpaired) electrons. The van der Waals surface area contributed by atoms with Crippen molar-refractivity contribution in [3.63, 3.8) is 0 Å². The average molecular weight is 349 g/mol. The standard InChI is InChI=1S/C22H27N3O/c1-25(17-10-15-12-18(26)13-16(15)11-17)22-19-8-5-9-20(19)23-21(24-22)14-6-3-2-4-7-14/h2-4,6-7,15-18,26H,5,8-13H2,1H3/t15-,16+,17?,18?. The number of hydrogen-bond donors (Lipinski definition) is 1. The molecule has 2 saturated carbocycles. The number of fused-ring (bicyclic) bond motifs is 2. The van der Waals surface area contributed by atoms with E-state index in [-0.39, 0.29) is 6.10 Å². The summed E-state index contributed by atoms with van der Waals surface area (Å²) in [5, 5.41) is 9.93. The molecule has 0 aliphatic heterocycles. The van der Waals surface area contributed by atoms with Crippen LogP contribution in [0.25, 0.3) is 11.4 Å². The Kier molecular flexibility index (Phi) is 3.96. The third-order valence-electron chi connectivity index (χ3n) is 6.79. The number of aliphatic hydroxyl groups excluding tert-OH is 1. The van der Waals surface area contributed by atoms with Gasteiger partial charge in [0.1, 0.15) is 5.82 Å². The predicted octanol–water partition coefficient (Wildman–Crippen LogP) is 3.62. The zero-order valence-electron chi connectivity index (χ0n) is 15.4. The predicted molar refractivity (Wildman–Crippen MR) is 103 cm³/mol. The molecule has 4 heteroatoms. The van der Waals surface area contributed by atoms with Gasteiger partial charge in [-0.05, 0) is 56.8 Å². The highest BCUT2D eigenvalue weighted by Crippen LogP contribution is 2.46. The molecule has 1 aromatic heterocycles. The molecule has 0 bridgehead atoms. The van der Waals surface area contributed by atoms with Crippen LogP contribution < -0.4 is 4.90 Å². The third kappa shape index (κ3) is 2.71. The topological polar surface area (TPSA) is 49.2 Å². The fourth-order valence-electron chi connectivity index (χ4n) is 5.46. The van der Waals surface area contributed by atoms with E-state index in [0.717, 1.165) is 42.9 Å². The normalized spacial score (nSPS) is 29.6. The molecule has 4 atom stereocenters. The fourth-order valence-corrected chi connectivity index (χ4v) is 5.46. The number of benzene rings is 1. The second kappa shape index (κ2) is 6.34. The Morgan fingerprint density at radius 3 is 2.42 bits per heavy atom. The molecule has 1 N–H and O–H groups in total. The Hall–Kier alpha value is -1.94. The summed E-state index contributed by atoms with van der Waals surface area (Å²) in [6.45, 7) is 0. The highest BCUT2D eigenvalue weighted by atomic mass is 16.3. The van der Waals surface area contributed by atoms with E-state index in [1.807, 2.05) is 6.07 Å². The number of hydrogen-bond acceptors (Lipinski definition) is 4. The van der Waals surface area contributed by atoms with E-state index >= 15 is 0 Å². The van der Waals surface area contributed by atoms with E-state index < -0.39 is 0 Å². The van der Waals surface area contributed by atoms with Crippen molar-refractivity contribution in [2.45, 2.75) is 57.1 Å². The molecule has 0 spiro atoms. The molecular weight excluding hydrogens is 322 g/mol. The van der Waals surface area contributed by atoms with E-state index in [2.05, 4.69) is 36.2 Å². The van der Waals surface area contributed by atoms with Crippen molar-refractivity contribution in [3.05, 3.63) is 41.6 Å². The molecule has 4 nitrogen and oxygen atoms in total. The first kappa shape index (κ1) is 16.2. The summed E-state index contributed by atoms with van der Waals surface area (Å²) in [5.74, 6) is 3.40. The largest absolute Gasteiger partial charge is 0.393 e. The van der Waals surface area contributed by atoms with Crippen molar-refractivity contribution in [2.75, 3.05) is 11.9 Å². The van der Waals surface area contributed by atoms with Crippen LogP contribution in [0.5, 0.6) is 0 Å². The van der Waals surface area contributed by atoms with Crippen molar-refractivity contribution in [3.8, 4) is 11.4 Å². The van der Waals surface area contributed by atoms with Crippen molar-refractivity contribution >= 4 is 5.82 Å². The van der Waals surface area contributed by atoms with Crippen LogP contribution >= 0.6 is 0 Å². The lowest BCUT2D eigenvalue weighted by molar-refractivity contribution is 0.171. The number of rotatable bonds is 3. The van der Waals surface area contributed by atoms with Crippen molar-refractivity contribution < 1.29 is 5.11 Å². The minimum atomic E-state index is -0.0655. The first-order valence-electron chi connectivity index (χ1n) is 10.0. The molecule has 1 aromatic carbocycles. The summed E-state index contributed by atoms with van der Waals surface area (Å²) < 4.78 is 0. The first-order chi connectivity index (χ1) is 12.7. The second-order valence-corrected chi connectivity index (χ2v) is 8.40. The van der Waals surface area contributed by atoms with E-state index in [9.17, 15) is 5.11 Å². The highest BCUT2D eigenvalue weighted by Gasteiger charge is 2.43. The van der Waals surface area contributed by atoms with Crippen LogP contribution in [-0.4, -0.2) is 34.3 Å². The van der Waals surface area contributed by atoms with Gasteiger partial charge in [-0.3, -0.25) is 0 Å². The van der Waals surface area contributed by atoms with Crippen LogP contribution in [0, 0.1) is 11.8 Å². The second-order valence-electron chi connectivity index (χ2n) is 8.40. The monoisotopic (exact) mass is 349 g/mol. The maximum Gasteiger partial charge on any atom is 0.161 e. The van der Waals surface area contributed by atoms with E-state index in [0.29, 0.717) is 17.9 Å². The zero-order chi connectivity index (χ0) is 17.7. The van der Waals surface area contributed by atoms with E-state index in [1.165, 1.54) is 30.5 Å². The molecule has 2 aromatic rings. The van der Waals surface area contributed by atoms with Crippen LogP contribution in [0.4, 0.5) is 5.82 Å². The van der Waals surface area contributed by atoms with Gasteiger partial charge in [0.05, 0.1) is 6.10 Å². The van der Waals surface area contributed by atoms with Crippen LogP contribution in [0.2, 0.25) is 0 Å². The van der Waals surface area contributed by atoms with Gasteiger partial charge in [-0.25, -0.2) is 9.97 Å². The highest BCUT2D eigenvalue weighted by molar-refractivity contribution is 5.61. The maximum absolute atomic E-state index is 9.93. The van der Waals surface area contributed by atoms with Gasteiger partial charge in [-0.1, -0.05) is 30.3 Å². The molecular formula is C22H27N3O. The molecule has 136 valence electrons. The third-order valence-corrected chi connectivity index (χ3v) is 6.79. The van der Waals surface area contributed by atoms with Gasteiger partial charge >= 0.3 is 0 Å². The molecule has 3 aliphatic rings. The molecule has 5 rings (SSSR count). The number of nitrogens with zero attached hydrogens (tertiary/aromatic N) is 3. The van der Waals surface area contributed by atoms with Crippen LogP contribution in [-0.2, 0) is 12.8 Å². The molecule has 26 heavy (non-hydrogen) atoms. The summed E-state index contributed by atoms with van der Waals surface area (Å²) >= 11 is 0. The van der Waals surface area contributed by atoms with E-state index in [1.54, 1.807) is 0 Å². The zero-order valence-corrected chi connectivity index (χ0v) is 15.4. The lowest BCUT2D eigenvalue weighted by atomic mass is 10.0. The van der Waals surface area contributed by atoms with Gasteiger partial charge in [0.15, 0.2) is 5.82 Å². The number of aromatic nitrogens is 2. The van der Waals surface area contributed by atoms with Gasteiger partial charge in [-0.15, -0.1) is 0 Å². The lowest BCUT2D eigenvalue weighted by Gasteiger charge is -2.29. The Morgan fingerprint density at radius 2 is 1.69 bits per heavy atom. The number of aliphatic hydroxyl groups is 1. The number of anilines is 1. The van der Waals surface area contributed by atoms with Gasteiger partial charge in [-0.2, -0.15) is 0 Å². The van der Waals surface area contributed by atoms with Gasteiger partial charge in [0.2, 0.25) is 0 Å². The van der Waals surface area contributed by atoms with E-state index in [4.69, 9.17) is 9.97 Å². The Morgan fingerprint density at radius 1 is 0.962 bits per heavy atom. The Labute approximate surface area is 155 Å². The van der Waals surface area contributed by atoms with Crippen molar-refractivity contribution in [1.29, 1.82) is 0 Å². The Balaban J connectivity index is 1.47. The molecule has 0 saturated heterocycles. The SMILES string of the molecule is CN(c1nc(-c2ccccc2)nc2c1CCC2)C1C[C@H]2CC(O)C[C@H]2C1.